The van der Waals surface area contributed by atoms with E-state index in [1.54, 1.807) is 11.7 Å². The van der Waals surface area contributed by atoms with Gasteiger partial charge in [0.2, 0.25) is 11.9 Å². The van der Waals surface area contributed by atoms with Gasteiger partial charge in [-0.25, -0.2) is 4.68 Å². The number of nitrogens with two attached hydrogens (primary N) is 1. The molecule has 0 atom stereocenters. The van der Waals surface area contributed by atoms with E-state index < -0.39 is 0 Å². The Morgan fingerprint density at radius 2 is 1.81 bits per heavy atom. The van der Waals surface area contributed by atoms with Crippen LogP contribution in [-0.2, 0) is 20.1 Å². The van der Waals surface area contributed by atoms with Crippen LogP contribution in [0.3, 0.4) is 0 Å². The van der Waals surface area contributed by atoms with E-state index >= 15 is 0 Å². The van der Waals surface area contributed by atoms with Gasteiger partial charge >= 0.3 is 0 Å². The zero-order valence-electron chi connectivity index (χ0n) is 9.09. The predicted octanol–water partition coefficient (Wildman–Crippen LogP) is 0.917. The number of nitrogen functional groups attached to an aromatic ring is 1. The van der Waals surface area contributed by atoms with Crippen molar-refractivity contribution in [2.45, 2.75) is 13.1 Å². The predicted molar refractivity (Wildman–Crippen MR) is 61.7 cm³/mol. The summed E-state index contributed by atoms with van der Waals surface area (Å²) in [5.41, 5.74) is 8.36. The number of fused-ring (bicyclic) bond motifs is 1. The van der Waals surface area contributed by atoms with E-state index in [-0.39, 0.29) is 0 Å². The van der Waals surface area contributed by atoms with Crippen molar-refractivity contribution in [3.63, 3.8) is 0 Å². The van der Waals surface area contributed by atoms with Gasteiger partial charge < -0.3 is 10.6 Å². The first-order chi connectivity index (χ1) is 7.74. The van der Waals surface area contributed by atoms with Crippen molar-refractivity contribution in [3.8, 4) is 0 Å². The van der Waals surface area contributed by atoms with Crippen LogP contribution in [0.4, 0.5) is 11.9 Å². The van der Waals surface area contributed by atoms with Crippen molar-refractivity contribution in [1.82, 2.24) is 14.8 Å². The monoisotopic (exact) mass is 215 g/mol. The molecule has 0 saturated heterocycles. The summed E-state index contributed by atoms with van der Waals surface area (Å²) in [5, 5.41) is 4.28. The minimum atomic E-state index is 0.450. The molecular weight excluding hydrogens is 202 g/mol. The molecule has 0 fully saturated rings. The molecule has 0 radical (unpaired) electrons. The lowest BCUT2D eigenvalue weighted by molar-refractivity contribution is 0.751. The van der Waals surface area contributed by atoms with Gasteiger partial charge in [-0.05, 0) is 11.1 Å². The summed E-state index contributed by atoms with van der Waals surface area (Å²) in [6, 6.07) is 8.40. The Morgan fingerprint density at radius 1 is 1.19 bits per heavy atom. The molecule has 0 bridgehead atoms. The third kappa shape index (κ3) is 1.32. The van der Waals surface area contributed by atoms with E-state index in [2.05, 4.69) is 39.2 Å². The molecule has 0 aliphatic carbocycles. The van der Waals surface area contributed by atoms with Crippen LogP contribution in [-0.4, -0.2) is 14.8 Å². The third-order valence-electron chi connectivity index (χ3n) is 2.91. The lowest BCUT2D eigenvalue weighted by atomic mass is 10.1. The highest BCUT2D eigenvalue weighted by Crippen LogP contribution is 2.25. The first-order valence-electron chi connectivity index (χ1n) is 5.22. The van der Waals surface area contributed by atoms with Crippen LogP contribution in [0.5, 0.6) is 0 Å². The molecule has 0 saturated carbocycles. The number of aryl methyl sites for hydroxylation is 1. The Morgan fingerprint density at radius 3 is 2.31 bits per heavy atom. The molecule has 0 amide bonds. The largest absolute Gasteiger partial charge is 0.368 e. The number of anilines is 2. The molecule has 16 heavy (non-hydrogen) atoms. The summed E-state index contributed by atoms with van der Waals surface area (Å²) >= 11 is 0. The molecule has 1 aromatic carbocycles. The molecule has 1 aliphatic heterocycles. The van der Waals surface area contributed by atoms with Gasteiger partial charge in [0.25, 0.3) is 0 Å². The summed E-state index contributed by atoms with van der Waals surface area (Å²) < 4.78 is 1.60. The number of hydrogen-bond acceptors (Lipinski definition) is 4. The molecule has 1 aromatic heterocycles. The minimum absolute atomic E-state index is 0.450. The summed E-state index contributed by atoms with van der Waals surface area (Å²) in [4.78, 5) is 6.36. The van der Waals surface area contributed by atoms with Gasteiger partial charge in [-0.1, -0.05) is 24.3 Å². The average molecular weight is 215 g/mol. The molecule has 0 unspecified atom stereocenters. The number of nitrogens with zero attached hydrogens (tertiary/aromatic N) is 4. The van der Waals surface area contributed by atoms with Crippen LogP contribution in [0.25, 0.3) is 0 Å². The second-order valence-corrected chi connectivity index (χ2v) is 4.02. The summed E-state index contributed by atoms with van der Waals surface area (Å²) in [6.45, 7) is 1.72. The number of hydrogen-bond donors (Lipinski definition) is 1. The Balaban J connectivity index is 1.91. The van der Waals surface area contributed by atoms with Crippen molar-refractivity contribution in [2.75, 3.05) is 10.6 Å². The van der Waals surface area contributed by atoms with Gasteiger partial charge in [0, 0.05) is 20.1 Å². The first kappa shape index (κ1) is 9.21. The average Bonchev–Trinajstić information content (AvgIpc) is 2.83. The van der Waals surface area contributed by atoms with E-state index in [0.29, 0.717) is 11.9 Å². The standard InChI is InChI=1S/C11H13N5/c1-15-10(12)13-11(14-15)16-6-8-4-2-3-5-9(8)7-16/h2-5H,6-7H2,1H3,(H2,12,13,14). The number of aromatic nitrogens is 3. The Labute approximate surface area is 93.5 Å². The molecule has 3 rings (SSSR count). The lowest BCUT2D eigenvalue weighted by Gasteiger charge is -2.11. The van der Waals surface area contributed by atoms with Crippen molar-refractivity contribution < 1.29 is 0 Å². The normalized spacial score (nSPS) is 14.2. The van der Waals surface area contributed by atoms with E-state index in [4.69, 9.17) is 5.73 Å². The van der Waals surface area contributed by atoms with Gasteiger partial charge in [-0.15, -0.1) is 5.10 Å². The van der Waals surface area contributed by atoms with Crippen LogP contribution < -0.4 is 10.6 Å². The SMILES string of the molecule is Cn1nc(N2Cc3ccccc3C2)nc1N. The van der Waals surface area contributed by atoms with Gasteiger partial charge in [0.1, 0.15) is 0 Å². The minimum Gasteiger partial charge on any atom is -0.368 e. The van der Waals surface area contributed by atoms with Gasteiger partial charge in [-0.3, -0.25) is 0 Å². The van der Waals surface area contributed by atoms with Crippen molar-refractivity contribution >= 4 is 11.9 Å². The lowest BCUT2D eigenvalue weighted by Crippen LogP contribution is -2.16. The number of benzene rings is 1. The van der Waals surface area contributed by atoms with Crippen molar-refractivity contribution in [2.24, 2.45) is 7.05 Å². The maximum atomic E-state index is 5.68. The molecule has 2 aromatic rings. The second-order valence-electron chi connectivity index (χ2n) is 4.02. The topological polar surface area (TPSA) is 60.0 Å². The van der Waals surface area contributed by atoms with Gasteiger partial charge in [-0.2, -0.15) is 4.98 Å². The van der Waals surface area contributed by atoms with E-state index in [9.17, 15) is 0 Å². The molecule has 0 spiro atoms. The molecule has 5 heteroatoms. The van der Waals surface area contributed by atoms with Crippen LogP contribution in [0.15, 0.2) is 24.3 Å². The summed E-state index contributed by atoms with van der Waals surface area (Å²) in [5.74, 6) is 1.15. The third-order valence-corrected chi connectivity index (χ3v) is 2.91. The number of rotatable bonds is 1. The molecule has 82 valence electrons. The molecular formula is C11H13N5. The Bertz CT molecular complexity index is 486. The molecule has 5 nitrogen and oxygen atoms in total. The molecule has 2 N–H and O–H groups in total. The van der Waals surface area contributed by atoms with Crippen LogP contribution in [0.1, 0.15) is 11.1 Å². The summed E-state index contributed by atoms with van der Waals surface area (Å²) in [7, 11) is 1.80. The van der Waals surface area contributed by atoms with Gasteiger partial charge in [0.15, 0.2) is 0 Å². The van der Waals surface area contributed by atoms with Crippen LogP contribution >= 0.6 is 0 Å². The fourth-order valence-corrected chi connectivity index (χ4v) is 1.99. The maximum absolute atomic E-state index is 5.68. The quantitative estimate of drug-likeness (QED) is 0.768. The van der Waals surface area contributed by atoms with Crippen molar-refractivity contribution in [1.29, 1.82) is 0 Å². The van der Waals surface area contributed by atoms with Crippen molar-refractivity contribution in [3.05, 3.63) is 35.4 Å². The van der Waals surface area contributed by atoms with E-state index in [1.165, 1.54) is 11.1 Å². The summed E-state index contributed by atoms with van der Waals surface area (Å²) in [6.07, 6.45) is 0. The fraction of sp³-hybridized carbons (Fsp3) is 0.273. The molecule has 1 aliphatic rings. The van der Waals surface area contributed by atoms with E-state index in [1.807, 2.05) is 0 Å². The molecule has 2 heterocycles. The smallest absolute Gasteiger partial charge is 0.247 e. The zero-order valence-corrected chi connectivity index (χ0v) is 9.09. The zero-order chi connectivity index (χ0) is 11.1. The highest BCUT2D eigenvalue weighted by molar-refractivity contribution is 5.44. The van der Waals surface area contributed by atoms with Crippen LogP contribution in [0, 0.1) is 0 Å². The highest BCUT2D eigenvalue weighted by Gasteiger charge is 2.21. The Kier molecular flexibility index (Phi) is 1.86. The second kappa shape index (κ2) is 3.23. The van der Waals surface area contributed by atoms with Gasteiger partial charge in [0.05, 0.1) is 0 Å². The first-order valence-corrected chi connectivity index (χ1v) is 5.22. The Hall–Kier alpha value is -2.04. The highest BCUT2D eigenvalue weighted by atomic mass is 15.4. The van der Waals surface area contributed by atoms with E-state index in [0.717, 1.165) is 13.1 Å². The maximum Gasteiger partial charge on any atom is 0.247 e. The van der Waals surface area contributed by atoms with Crippen LogP contribution in [0.2, 0.25) is 0 Å². The fourth-order valence-electron chi connectivity index (χ4n) is 1.99.